The van der Waals surface area contributed by atoms with Gasteiger partial charge in [0.1, 0.15) is 24.0 Å². The summed E-state index contributed by atoms with van der Waals surface area (Å²) in [5.74, 6) is -3.31. The number of ether oxygens (including phenoxy) is 2. The molecule has 0 bridgehead atoms. The second-order valence-electron chi connectivity index (χ2n) is 11.9. The van der Waals surface area contributed by atoms with E-state index in [1.54, 1.807) is 30.3 Å². The molecule has 10 heteroatoms. The van der Waals surface area contributed by atoms with Crippen molar-refractivity contribution in [3.05, 3.63) is 161 Å². The van der Waals surface area contributed by atoms with Crippen LogP contribution in [0.25, 0.3) is 0 Å². The number of aldehydes is 1. The summed E-state index contributed by atoms with van der Waals surface area (Å²) in [6.07, 6.45) is -0.313. The highest BCUT2D eigenvalue weighted by Crippen LogP contribution is 2.39. The minimum absolute atomic E-state index is 0.0232. The number of amides is 2. The molecule has 0 heterocycles. The van der Waals surface area contributed by atoms with Crippen molar-refractivity contribution < 1.29 is 38.6 Å². The summed E-state index contributed by atoms with van der Waals surface area (Å²) in [6.45, 7) is 3.18. The summed E-state index contributed by atoms with van der Waals surface area (Å²) in [5.41, 5.74) is 3.71. The fourth-order valence-corrected chi connectivity index (χ4v) is 5.89. The van der Waals surface area contributed by atoms with Gasteiger partial charge in [0, 0.05) is 13.3 Å². The van der Waals surface area contributed by atoms with Crippen molar-refractivity contribution in [2.75, 3.05) is 4.90 Å². The van der Waals surface area contributed by atoms with Gasteiger partial charge >= 0.3 is 11.9 Å². The van der Waals surface area contributed by atoms with Gasteiger partial charge in [0.15, 0.2) is 6.10 Å². The molecule has 5 aromatic carbocycles. The zero-order chi connectivity index (χ0) is 37.0. The van der Waals surface area contributed by atoms with Gasteiger partial charge in [-0.25, -0.2) is 9.59 Å². The zero-order valence-corrected chi connectivity index (χ0v) is 28.7. The summed E-state index contributed by atoms with van der Waals surface area (Å²) >= 11 is 0. The normalized spacial score (nSPS) is 11.3. The number of carbonyl (C=O) groups excluding carboxylic acids is 4. The Balaban J connectivity index is 1.63. The highest BCUT2D eigenvalue weighted by Gasteiger charge is 2.31. The van der Waals surface area contributed by atoms with Gasteiger partial charge in [-0.2, -0.15) is 0 Å². The summed E-state index contributed by atoms with van der Waals surface area (Å²) < 4.78 is 12.5. The van der Waals surface area contributed by atoms with Crippen molar-refractivity contribution >= 4 is 41.4 Å². The largest absolute Gasteiger partial charge is 0.488 e. The topological polar surface area (TPSA) is 139 Å². The molecule has 0 saturated heterocycles. The number of hydrogen-bond acceptors (Lipinski definition) is 7. The van der Waals surface area contributed by atoms with Gasteiger partial charge in [-0.1, -0.05) is 116 Å². The molecule has 264 valence electrons. The fourth-order valence-electron chi connectivity index (χ4n) is 5.89. The molecule has 0 unspecified atom stereocenters. The predicted molar refractivity (Wildman–Crippen MR) is 195 cm³/mol. The minimum Gasteiger partial charge on any atom is -0.488 e. The van der Waals surface area contributed by atoms with Gasteiger partial charge in [0.25, 0.3) is 5.91 Å². The van der Waals surface area contributed by atoms with E-state index >= 15 is 0 Å². The average molecular weight is 699 g/mol. The van der Waals surface area contributed by atoms with E-state index in [1.807, 2.05) is 97.9 Å². The molecule has 0 spiro atoms. The van der Waals surface area contributed by atoms with Crippen LogP contribution in [0.15, 0.2) is 127 Å². The molecular formula is C42H38N2O8. The lowest BCUT2D eigenvalue weighted by Gasteiger charge is -2.27. The van der Waals surface area contributed by atoms with E-state index in [2.05, 4.69) is 5.32 Å². The number of carbonyl (C=O) groups is 5. The molecule has 0 aromatic heterocycles. The minimum atomic E-state index is -1.20. The Bertz CT molecular complexity index is 1990. The van der Waals surface area contributed by atoms with Crippen LogP contribution in [0.1, 0.15) is 58.1 Å². The maximum atomic E-state index is 14.6. The second-order valence-corrected chi connectivity index (χ2v) is 11.9. The number of nitrogens with one attached hydrogen (secondary N) is 1. The first-order valence-electron chi connectivity index (χ1n) is 16.7. The van der Waals surface area contributed by atoms with Crippen LogP contribution in [0.4, 0.5) is 11.4 Å². The lowest BCUT2D eigenvalue weighted by Crippen LogP contribution is -2.41. The van der Waals surface area contributed by atoms with Crippen LogP contribution < -0.4 is 15.0 Å². The summed E-state index contributed by atoms with van der Waals surface area (Å²) in [5, 5.41) is 12.1. The molecule has 2 N–H and O–H groups in total. The molecule has 0 aliphatic heterocycles. The monoisotopic (exact) mass is 698 g/mol. The molecule has 0 aliphatic carbocycles. The molecule has 2 amide bonds. The Kier molecular flexibility index (Phi) is 12.3. The van der Waals surface area contributed by atoms with Gasteiger partial charge in [0.05, 0.1) is 11.4 Å². The lowest BCUT2D eigenvalue weighted by molar-refractivity contribution is -0.141. The molecule has 0 radical (unpaired) electrons. The van der Waals surface area contributed by atoms with E-state index in [1.165, 1.54) is 13.0 Å². The van der Waals surface area contributed by atoms with Gasteiger partial charge in [-0.3, -0.25) is 19.3 Å². The van der Waals surface area contributed by atoms with Gasteiger partial charge in [-0.15, -0.1) is 0 Å². The number of benzene rings is 5. The van der Waals surface area contributed by atoms with Crippen molar-refractivity contribution in [2.24, 2.45) is 0 Å². The Labute approximate surface area is 301 Å². The first-order chi connectivity index (χ1) is 25.2. The smallest absolute Gasteiger partial charge is 0.345 e. The number of carboxylic acids is 1. The van der Waals surface area contributed by atoms with Crippen molar-refractivity contribution in [2.45, 2.75) is 45.4 Å². The van der Waals surface area contributed by atoms with Gasteiger partial charge < -0.3 is 19.9 Å². The molecule has 10 nitrogen and oxygen atoms in total. The number of hydrogen-bond donors (Lipinski definition) is 2. The number of carboxylic acid groups (broad SMARTS) is 1. The van der Waals surface area contributed by atoms with Gasteiger partial charge in [-0.05, 0) is 52.4 Å². The molecule has 1 atom stereocenters. The average Bonchev–Trinajstić information content (AvgIpc) is 3.17. The number of aryl methyl sites for hydroxylation is 1. The number of aliphatic carboxylic acids is 1. The van der Waals surface area contributed by atoms with Crippen LogP contribution >= 0.6 is 0 Å². The van der Waals surface area contributed by atoms with Crippen LogP contribution in [0.3, 0.4) is 0 Å². The molecule has 52 heavy (non-hydrogen) atoms. The van der Waals surface area contributed by atoms with Crippen molar-refractivity contribution in [3.8, 4) is 5.75 Å². The maximum absolute atomic E-state index is 14.6. The summed E-state index contributed by atoms with van der Waals surface area (Å²) in [7, 11) is 0. The Morgan fingerprint density at radius 1 is 0.769 bits per heavy atom. The number of nitrogens with zero attached hydrogens (tertiary/aromatic N) is 1. The highest BCUT2D eigenvalue weighted by molar-refractivity contribution is 6.33. The van der Waals surface area contributed by atoms with E-state index in [-0.39, 0.29) is 36.3 Å². The van der Waals surface area contributed by atoms with E-state index in [4.69, 9.17) is 9.47 Å². The van der Waals surface area contributed by atoms with E-state index in [9.17, 15) is 29.1 Å². The highest BCUT2D eigenvalue weighted by atomic mass is 16.5. The van der Waals surface area contributed by atoms with Crippen molar-refractivity contribution in [1.29, 1.82) is 0 Å². The van der Waals surface area contributed by atoms with Crippen LogP contribution in [0.5, 0.6) is 5.75 Å². The molecule has 0 saturated carbocycles. The lowest BCUT2D eigenvalue weighted by atomic mass is 9.99. The molecule has 5 rings (SSSR count). The standard InChI is InChI=1S/C42H38N2O8/c1-3-31-24-30(25-34(41(48)49)43-28(2)46)22-23-35(31)44(38(47)26-45)36-20-13-21-37(51-27-29-14-7-4-8-15-29)39(36)42(50)52-40(32-16-9-5-10-17-32)33-18-11-6-12-19-33/h4-24,26,34,40H,3,25,27H2,1-2H3,(H,43,46)(H,48,49)/t34-/m0/s1. The van der Waals surface area contributed by atoms with Crippen LogP contribution in [0.2, 0.25) is 0 Å². The summed E-state index contributed by atoms with van der Waals surface area (Å²) in [6, 6.07) is 36.4. The zero-order valence-electron chi connectivity index (χ0n) is 28.7. The van der Waals surface area contributed by atoms with E-state index in [0.29, 0.717) is 23.2 Å². The Morgan fingerprint density at radius 3 is 1.94 bits per heavy atom. The molecule has 0 fully saturated rings. The van der Waals surface area contributed by atoms with Gasteiger partial charge in [0.2, 0.25) is 12.2 Å². The number of esters is 1. The van der Waals surface area contributed by atoms with Crippen molar-refractivity contribution in [1.82, 2.24) is 5.32 Å². The second kappa shape index (κ2) is 17.4. The third-order valence-corrected chi connectivity index (χ3v) is 8.32. The number of rotatable bonds is 15. The van der Waals surface area contributed by atoms with E-state index in [0.717, 1.165) is 21.6 Å². The number of anilines is 2. The molecular weight excluding hydrogens is 660 g/mol. The first-order valence-corrected chi connectivity index (χ1v) is 16.7. The fraction of sp³-hybridized carbons (Fsp3) is 0.167. The Morgan fingerprint density at radius 2 is 1.38 bits per heavy atom. The third-order valence-electron chi connectivity index (χ3n) is 8.32. The van der Waals surface area contributed by atoms with Crippen LogP contribution in [-0.4, -0.2) is 41.2 Å². The van der Waals surface area contributed by atoms with Crippen LogP contribution in [-0.2, 0) is 43.4 Å². The summed E-state index contributed by atoms with van der Waals surface area (Å²) in [4.78, 5) is 65.1. The SMILES string of the molecule is CCc1cc(C[C@H](NC(C)=O)C(=O)O)ccc1N(C(=O)C=O)c1cccc(OCc2ccccc2)c1C(=O)OC(c1ccccc1)c1ccccc1. The third kappa shape index (κ3) is 8.97. The maximum Gasteiger partial charge on any atom is 0.345 e. The van der Waals surface area contributed by atoms with Crippen molar-refractivity contribution in [3.63, 3.8) is 0 Å². The molecule has 5 aromatic rings. The Hall–Kier alpha value is -6.55. The quantitative estimate of drug-likeness (QED) is 0.0694. The first kappa shape index (κ1) is 36.7. The predicted octanol–water partition coefficient (Wildman–Crippen LogP) is 6.77. The van der Waals surface area contributed by atoms with Crippen LogP contribution in [0, 0.1) is 0 Å². The molecule has 0 aliphatic rings. The van der Waals surface area contributed by atoms with E-state index < -0.39 is 35.9 Å².